The minimum absolute atomic E-state index is 0.231. The van der Waals surface area contributed by atoms with Crippen LogP contribution in [0.5, 0.6) is 5.75 Å². The molecular weight excluding hydrogens is 449 g/mol. The Bertz CT molecular complexity index is 1110. The fraction of sp³-hybridized carbons (Fsp3) is 0.125. The highest BCUT2D eigenvalue weighted by Gasteiger charge is 2.41. The van der Waals surface area contributed by atoms with Gasteiger partial charge in [0.05, 0.1) is 13.2 Å². The predicted molar refractivity (Wildman–Crippen MR) is 116 cm³/mol. The van der Waals surface area contributed by atoms with Crippen molar-refractivity contribution in [2.45, 2.75) is 12.6 Å². The van der Waals surface area contributed by atoms with Gasteiger partial charge in [-0.05, 0) is 47.0 Å². The molecule has 152 valence electrons. The normalized spacial score (nSPS) is 16.3. The minimum atomic E-state index is -0.508. The van der Waals surface area contributed by atoms with Crippen LogP contribution in [0.15, 0.2) is 83.0 Å². The maximum absolute atomic E-state index is 13.3. The molecule has 0 aliphatic carbocycles. The van der Waals surface area contributed by atoms with E-state index in [1.807, 2.05) is 36.4 Å². The van der Waals surface area contributed by atoms with Crippen molar-refractivity contribution < 1.29 is 19.0 Å². The van der Waals surface area contributed by atoms with Gasteiger partial charge in [-0.25, -0.2) is 4.39 Å². The molecule has 1 aliphatic heterocycles. The number of carbonyl (C=O) groups is 1. The molecule has 4 nitrogen and oxygen atoms in total. The van der Waals surface area contributed by atoms with Crippen LogP contribution in [0, 0.1) is 5.82 Å². The Morgan fingerprint density at radius 2 is 1.70 bits per heavy atom. The highest BCUT2D eigenvalue weighted by molar-refractivity contribution is 9.10. The fourth-order valence-corrected chi connectivity index (χ4v) is 4.19. The Kier molecular flexibility index (Phi) is 5.59. The minimum Gasteiger partial charge on any atom is -0.503 e. The van der Waals surface area contributed by atoms with E-state index in [1.165, 1.54) is 12.1 Å². The van der Waals surface area contributed by atoms with E-state index in [4.69, 9.17) is 4.74 Å². The zero-order valence-corrected chi connectivity index (χ0v) is 17.8. The van der Waals surface area contributed by atoms with Crippen molar-refractivity contribution in [3.05, 3.63) is 106 Å². The molecule has 6 heteroatoms. The van der Waals surface area contributed by atoms with Crippen LogP contribution in [-0.2, 0) is 11.3 Å². The van der Waals surface area contributed by atoms with E-state index in [1.54, 1.807) is 36.3 Å². The number of benzene rings is 3. The van der Waals surface area contributed by atoms with Crippen molar-refractivity contribution in [3.8, 4) is 5.75 Å². The first-order valence-electron chi connectivity index (χ1n) is 9.37. The second-order valence-corrected chi connectivity index (χ2v) is 7.83. The molecule has 0 spiro atoms. The lowest BCUT2D eigenvalue weighted by Gasteiger charge is -2.28. The maximum atomic E-state index is 13.3. The van der Waals surface area contributed by atoms with Crippen LogP contribution < -0.4 is 4.74 Å². The Labute approximate surface area is 182 Å². The molecule has 1 heterocycles. The van der Waals surface area contributed by atoms with E-state index in [0.29, 0.717) is 11.3 Å². The highest BCUT2D eigenvalue weighted by Crippen LogP contribution is 2.45. The summed E-state index contributed by atoms with van der Waals surface area (Å²) in [4.78, 5) is 14.7. The van der Waals surface area contributed by atoms with Crippen LogP contribution in [0.4, 0.5) is 4.39 Å². The lowest BCUT2D eigenvalue weighted by molar-refractivity contribution is -0.130. The maximum Gasteiger partial charge on any atom is 0.290 e. The zero-order valence-electron chi connectivity index (χ0n) is 16.2. The molecule has 1 atom stereocenters. The van der Waals surface area contributed by atoms with Gasteiger partial charge in [-0.2, -0.15) is 0 Å². The SMILES string of the molecule is COc1ccc(C2=C(O)C(=O)N(Cc3ccc(F)cc3)[C@@H]2c2ccccc2Br)cc1. The van der Waals surface area contributed by atoms with Crippen LogP contribution in [0.3, 0.4) is 0 Å². The molecule has 1 amide bonds. The average Bonchev–Trinajstić information content (AvgIpc) is 3.00. The third-order valence-electron chi connectivity index (χ3n) is 5.17. The molecule has 0 aromatic heterocycles. The monoisotopic (exact) mass is 467 g/mol. The second kappa shape index (κ2) is 8.32. The van der Waals surface area contributed by atoms with Gasteiger partial charge in [0.25, 0.3) is 5.91 Å². The number of aliphatic hydroxyl groups is 1. The molecule has 4 rings (SSSR count). The summed E-state index contributed by atoms with van der Waals surface area (Å²) in [5, 5.41) is 10.8. The molecule has 0 radical (unpaired) electrons. The van der Waals surface area contributed by atoms with Crippen LogP contribution >= 0.6 is 15.9 Å². The smallest absolute Gasteiger partial charge is 0.290 e. The summed E-state index contributed by atoms with van der Waals surface area (Å²) in [6, 6.07) is 20.3. The van der Waals surface area contributed by atoms with Crippen LogP contribution in [0.2, 0.25) is 0 Å². The van der Waals surface area contributed by atoms with E-state index >= 15 is 0 Å². The lowest BCUT2D eigenvalue weighted by atomic mass is 9.93. The highest BCUT2D eigenvalue weighted by atomic mass is 79.9. The predicted octanol–water partition coefficient (Wildman–Crippen LogP) is 5.65. The average molecular weight is 468 g/mol. The first kappa shape index (κ1) is 20.2. The summed E-state index contributed by atoms with van der Waals surface area (Å²) in [5.41, 5.74) is 2.87. The lowest BCUT2D eigenvalue weighted by Crippen LogP contribution is -2.30. The molecule has 3 aromatic carbocycles. The summed E-state index contributed by atoms with van der Waals surface area (Å²) in [6.45, 7) is 0.231. The number of hydrogen-bond donors (Lipinski definition) is 1. The first-order valence-corrected chi connectivity index (χ1v) is 10.2. The molecule has 1 N–H and O–H groups in total. The topological polar surface area (TPSA) is 49.8 Å². The first-order chi connectivity index (χ1) is 14.5. The van der Waals surface area contributed by atoms with Gasteiger partial charge in [-0.15, -0.1) is 0 Å². The Balaban J connectivity index is 1.81. The zero-order chi connectivity index (χ0) is 21.3. The number of amides is 1. The summed E-state index contributed by atoms with van der Waals surface area (Å²) in [5.74, 6) is -0.411. The van der Waals surface area contributed by atoms with E-state index < -0.39 is 11.9 Å². The molecule has 0 fully saturated rings. The van der Waals surface area contributed by atoms with Gasteiger partial charge < -0.3 is 14.7 Å². The fourth-order valence-electron chi connectivity index (χ4n) is 3.69. The number of ether oxygens (including phenoxy) is 1. The number of carbonyl (C=O) groups excluding carboxylic acids is 1. The number of nitrogens with zero attached hydrogens (tertiary/aromatic N) is 1. The molecule has 1 aliphatic rings. The van der Waals surface area contributed by atoms with E-state index in [-0.39, 0.29) is 18.1 Å². The third kappa shape index (κ3) is 3.71. The van der Waals surface area contributed by atoms with Gasteiger partial charge in [0.15, 0.2) is 5.76 Å². The van der Waals surface area contributed by atoms with Gasteiger partial charge >= 0.3 is 0 Å². The van der Waals surface area contributed by atoms with Gasteiger partial charge in [-0.1, -0.05) is 58.4 Å². The molecule has 0 unspecified atom stereocenters. The van der Waals surface area contributed by atoms with Gasteiger partial charge in [0, 0.05) is 16.6 Å². The molecule has 0 bridgehead atoms. The van der Waals surface area contributed by atoms with Crippen molar-refractivity contribution in [3.63, 3.8) is 0 Å². The van der Waals surface area contributed by atoms with E-state index in [0.717, 1.165) is 21.2 Å². The standard InChI is InChI=1S/C24H19BrFNO3/c1-30-18-12-8-16(9-13-18)21-22(19-4-2-3-5-20(19)25)27(24(29)23(21)28)14-15-6-10-17(26)11-7-15/h2-13,22,28H,14H2,1H3/t22-/m1/s1. The third-order valence-corrected chi connectivity index (χ3v) is 5.89. The largest absolute Gasteiger partial charge is 0.503 e. The summed E-state index contributed by atoms with van der Waals surface area (Å²) in [7, 11) is 1.58. The summed E-state index contributed by atoms with van der Waals surface area (Å²) in [6.07, 6.45) is 0. The van der Waals surface area contributed by atoms with Crippen LogP contribution in [-0.4, -0.2) is 23.0 Å². The number of rotatable bonds is 5. The van der Waals surface area contributed by atoms with Gasteiger partial charge in [-0.3, -0.25) is 4.79 Å². The Morgan fingerprint density at radius 3 is 2.33 bits per heavy atom. The summed E-state index contributed by atoms with van der Waals surface area (Å²) < 4.78 is 19.4. The molecule has 0 saturated heterocycles. The van der Waals surface area contributed by atoms with Crippen molar-refractivity contribution >= 4 is 27.4 Å². The van der Waals surface area contributed by atoms with E-state index in [9.17, 15) is 14.3 Å². The van der Waals surface area contributed by atoms with Crippen molar-refractivity contribution in [2.75, 3.05) is 7.11 Å². The molecular formula is C24H19BrFNO3. The quantitative estimate of drug-likeness (QED) is 0.527. The Hall–Kier alpha value is -3.12. The number of hydrogen-bond acceptors (Lipinski definition) is 3. The summed E-state index contributed by atoms with van der Waals surface area (Å²) >= 11 is 3.58. The van der Waals surface area contributed by atoms with Crippen molar-refractivity contribution in [2.24, 2.45) is 0 Å². The van der Waals surface area contributed by atoms with Crippen molar-refractivity contribution in [1.82, 2.24) is 4.90 Å². The van der Waals surface area contributed by atoms with E-state index in [2.05, 4.69) is 15.9 Å². The Morgan fingerprint density at radius 1 is 1.03 bits per heavy atom. The van der Waals surface area contributed by atoms with Gasteiger partial charge in [0.2, 0.25) is 0 Å². The molecule has 30 heavy (non-hydrogen) atoms. The van der Waals surface area contributed by atoms with Crippen LogP contribution in [0.1, 0.15) is 22.7 Å². The second-order valence-electron chi connectivity index (χ2n) is 6.97. The number of aliphatic hydroxyl groups excluding tert-OH is 1. The number of halogens is 2. The van der Waals surface area contributed by atoms with Crippen molar-refractivity contribution in [1.29, 1.82) is 0 Å². The number of methoxy groups -OCH3 is 1. The van der Waals surface area contributed by atoms with Crippen LogP contribution in [0.25, 0.3) is 5.57 Å². The molecule has 3 aromatic rings. The van der Waals surface area contributed by atoms with Gasteiger partial charge in [0.1, 0.15) is 11.6 Å². The molecule has 0 saturated carbocycles.